The Balaban J connectivity index is 1.51. The summed E-state index contributed by atoms with van der Waals surface area (Å²) in [6, 6.07) is 7.85. The fraction of sp³-hybridized carbons (Fsp3) is 0.276. The molecule has 0 aliphatic carbocycles. The van der Waals surface area contributed by atoms with Crippen LogP contribution in [0.3, 0.4) is 0 Å². The highest BCUT2D eigenvalue weighted by molar-refractivity contribution is 6.33. The zero-order chi connectivity index (χ0) is 29.1. The molecule has 2 heterocycles. The number of furan rings is 1. The van der Waals surface area contributed by atoms with Crippen LogP contribution < -0.4 is 26.4 Å². The smallest absolute Gasteiger partial charge is 0.261 e. The van der Waals surface area contributed by atoms with E-state index in [-0.39, 0.29) is 45.4 Å². The van der Waals surface area contributed by atoms with Crippen LogP contribution in [0.2, 0.25) is 5.02 Å². The molecule has 0 fully saturated rings. The van der Waals surface area contributed by atoms with Gasteiger partial charge in [0.25, 0.3) is 16.8 Å². The molecular weight excluding hydrogens is 544 g/mol. The van der Waals surface area contributed by atoms with E-state index >= 15 is 0 Å². The maximum atomic E-state index is 14.1. The second-order valence-corrected chi connectivity index (χ2v) is 11.2. The van der Waals surface area contributed by atoms with Gasteiger partial charge in [-0.1, -0.05) is 32.4 Å². The van der Waals surface area contributed by atoms with Crippen LogP contribution in [0.25, 0.3) is 0 Å². The van der Waals surface area contributed by atoms with Gasteiger partial charge in [-0.3, -0.25) is 14.4 Å². The number of benzene rings is 2. The monoisotopic (exact) mass is 569 g/mol. The first-order valence-corrected chi connectivity index (χ1v) is 12.8. The zero-order valence-corrected chi connectivity index (χ0v) is 22.9. The molecule has 0 saturated carbocycles. The first-order valence-electron chi connectivity index (χ1n) is 12.5. The number of fused-ring (bicyclic) bond motifs is 1. The number of carbonyl (C=O) groups is 1. The number of aliphatic hydroxyl groups excluding tert-OH is 1. The molecule has 40 heavy (non-hydrogen) atoms. The van der Waals surface area contributed by atoms with Crippen molar-refractivity contribution in [1.82, 2.24) is 0 Å². The third-order valence-corrected chi connectivity index (χ3v) is 7.34. The Morgan fingerprint density at radius 1 is 1.05 bits per heavy atom. The van der Waals surface area contributed by atoms with Crippen LogP contribution in [0, 0.1) is 24.0 Å². The molecule has 0 bridgehead atoms. The highest BCUT2D eigenvalue weighted by Crippen LogP contribution is 2.41. The summed E-state index contributed by atoms with van der Waals surface area (Å²) in [6.07, 6.45) is 0. The van der Waals surface area contributed by atoms with E-state index in [9.17, 15) is 28.3 Å². The van der Waals surface area contributed by atoms with E-state index in [0.717, 1.165) is 12.1 Å². The van der Waals surface area contributed by atoms with Gasteiger partial charge in [-0.15, -0.1) is 0 Å². The maximum absolute atomic E-state index is 14.1. The topological polar surface area (TPSA) is 112 Å². The van der Waals surface area contributed by atoms with E-state index in [1.807, 2.05) is 20.8 Å². The average molecular weight is 570 g/mol. The minimum Gasteiger partial charge on any atom is -0.464 e. The molecule has 4 aromatic rings. The van der Waals surface area contributed by atoms with Crippen LogP contribution in [0.1, 0.15) is 59.8 Å². The maximum Gasteiger partial charge on any atom is 0.261 e. The van der Waals surface area contributed by atoms with Crippen molar-refractivity contribution in [1.29, 1.82) is 0 Å². The molecule has 1 aliphatic rings. The minimum atomic E-state index is -1.18. The Labute approximate surface area is 232 Å². The first kappa shape index (κ1) is 27.5. The van der Waals surface area contributed by atoms with Gasteiger partial charge >= 0.3 is 0 Å². The van der Waals surface area contributed by atoms with Gasteiger partial charge in [-0.25, -0.2) is 8.78 Å². The fourth-order valence-corrected chi connectivity index (χ4v) is 5.11. The van der Waals surface area contributed by atoms with Crippen LogP contribution in [0.5, 0.6) is 0 Å². The summed E-state index contributed by atoms with van der Waals surface area (Å²) in [5, 5.41) is 16.0. The number of nitrogens with zero attached hydrogens (tertiary/aromatic N) is 1. The zero-order valence-electron chi connectivity index (χ0n) is 22.1. The Hall–Kier alpha value is -4.02. The Bertz CT molecular complexity index is 1730. The van der Waals surface area contributed by atoms with Crippen molar-refractivity contribution in [2.75, 3.05) is 15.5 Å². The number of hydrogen-bond donors (Lipinski definition) is 3. The predicted molar refractivity (Wildman–Crippen MR) is 148 cm³/mol. The second kappa shape index (κ2) is 9.87. The quantitative estimate of drug-likeness (QED) is 0.244. The first-order chi connectivity index (χ1) is 18.8. The van der Waals surface area contributed by atoms with Crippen molar-refractivity contribution in [2.24, 2.45) is 5.41 Å². The highest BCUT2D eigenvalue weighted by Gasteiger charge is 2.37. The van der Waals surface area contributed by atoms with Crippen molar-refractivity contribution in [3.8, 4) is 0 Å². The number of aliphatic hydroxyl groups is 1. The molecule has 0 saturated heterocycles. The van der Waals surface area contributed by atoms with Crippen molar-refractivity contribution < 1.29 is 23.1 Å². The summed E-state index contributed by atoms with van der Waals surface area (Å²) in [5.41, 5.74) is -1.16. The molecule has 1 atom stereocenters. The molecule has 3 N–H and O–H groups in total. The highest BCUT2D eigenvalue weighted by atomic mass is 35.5. The van der Waals surface area contributed by atoms with E-state index in [2.05, 4.69) is 10.6 Å². The van der Waals surface area contributed by atoms with Crippen LogP contribution in [0.15, 0.2) is 50.4 Å². The van der Waals surface area contributed by atoms with Gasteiger partial charge in [-0.05, 0) is 42.7 Å². The molecule has 1 amide bonds. The normalized spacial score (nSPS) is 14.1. The number of amides is 1. The molecule has 0 spiro atoms. The molecule has 1 aromatic heterocycles. The molecule has 0 radical (unpaired) electrons. The van der Waals surface area contributed by atoms with Crippen molar-refractivity contribution >= 4 is 40.3 Å². The number of halogens is 3. The summed E-state index contributed by atoms with van der Waals surface area (Å²) in [4.78, 5) is 40.1. The second-order valence-electron chi connectivity index (χ2n) is 10.8. The molecule has 1 aliphatic heterocycles. The van der Waals surface area contributed by atoms with Crippen molar-refractivity contribution in [3.63, 3.8) is 0 Å². The summed E-state index contributed by atoms with van der Waals surface area (Å²) < 4.78 is 33.7. The molecule has 0 unspecified atom stereocenters. The Morgan fingerprint density at radius 3 is 2.35 bits per heavy atom. The molecule has 8 nitrogen and oxygen atoms in total. The molecule has 208 valence electrons. The van der Waals surface area contributed by atoms with Crippen LogP contribution in [0.4, 0.5) is 31.5 Å². The van der Waals surface area contributed by atoms with Gasteiger partial charge in [0.2, 0.25) is 0 Å². The largest absolute Gasteiger partial charge is 0.464 e. The van der Waals surface area contributed by atoms with Gasteiger partial charge in [0.1, 0.15) is 22.9 Å². The van der Waals surface area contributed by atoms with Crippen LogP contribution in [-0.4, -0.2) is 11.0 Å². The number of anilines is 4. The summed E-state index contributed by atoms with van der Waals surface area (Å²) in [6.45, 7) is 6.96. The average Bonchev–Trinajstić information content (AvgIpc) is 3.48. The SMILES string of the molecule is Cc1ccc([C@H](Nc2c(Nc3ccc(Cl)c4c3C(=O)N(c3cc(F)c(F)cc3CO)C4)c(=O)c2=O)C(C)(C)C)o1. The van der Waals surface area contributed by atoms with Crippen molar-refractivity contribution in [2.45, 2.75) is 46.9 Å². The number of rotatable bonds is 7. The fourth-order valence-electron chi connectivity index (χ4n) is 4.89. The third-order valence-electron chi connectivity index (χ3n) is 6.98. The van der Waals surface area contributed by atoms with Gasteiger partial charge in [-0.2, -0.15) is 0 Å². The van der Waals surface area contributed by atoms with E-state index < -0.39 is 46.5 Å². The minimum absolute atomic E-state index is 0.0113. The standard InChI is InChI=1S/C29H26ClF2N3O5/c1-13-5-8-21(40-13)27(29(2,3)4)34-24-23(25(37)26(24)38)33-19-7-6-16(30)15-11-35(28(39)22(15)19)20-10-18(32)17(31)9-14(20)12-36/h5-10,27,33-34,36H,11-12H2,1-4H3/t27-/m0/s1. The van der Waals surface area contributed by atoms with Crippen molar-refractivity contribution in [3.05, 3.63) is 102 Å². The summed E-state index contributed by atoms with van der Waals surface area (Å²) in [5.74, 6) is -1.66. The van der Waals surface area contributed by atoms with E-state index in [1.165, 1.54) is 17.0 Å². The van der Waals surface area contributed by atoms with Crippen LogP contribution >= 0.6 is 11.6 Å². The Kier molecular flexibility index (Phi) is 6.79. The number of hydrogen-bond acceptors (Lipinski definition) is 7. The van der Waals surface area contributed by atoms with E-state index in [4.69, 9.17) is 16.0 Å². The lowest BCUT2D eigenvalue weighted by atomic mass is 9.85. The number of nitrogens with one attached hydrogen (secondary N) is 2. The lowest BCUT2D eigenvalue weighted by Crippen LogP contribution is -2.39. The summed E-state index contributed by atoms with van der Waals surface area (Å²) in [7, 11) is 0. The number of carbonyl (C=O) groups excluding carboxylic acids is 1. The summed E-state index contributed by atoms with van der Waals surface area (Å²) >= 11 is 6.40. The van der Waals surface area contributed by atoms with Gasteiger partial charge in [0, 0.05) is 22.2 Å². The van der Waals surface area contributed by atoms with Gasteiger partial charge in [0.15, 0.2) is 11.6 Å². The Morgan fingerprint density at radius 2 is 1.73 bits per heavy atom. The molecule has 5 rings (SSSR count). The van der Waals surface area contributed by atoms with Crippen LogP contribution in [-0.2, 0) is 13.2 Å². The number of aryl methyl sites for hydroxylation is 1. The van der Waals surface area contributed by atoms with E-state index in [0.29, 0.717) is 17.1 Å². The lowest BCUT2D eigenvalue weighted by molar-refractivity contribution is 0.0997. The molecule has 3 aromatic carbocycles. The van der Waals surface area contributed by atoms with E-state index in [1.54, 1.807) is 19.1 Å². The predicted octanol–water partition coefficient (Wildman–Crippen LogP) is 5.71. The molecular formula is C29H26ClF2N3O5. The molecule has 11 heteroatoms. The third kappa shape index (κ3) is 4.56. The lowest BCUT2D eigenvalue weighted by Gasteiger charge is -2.31. The van der Waals surface area contributed by atoms with Gasteiger partial charge < -0.3 is 25.1 Å². The van der Waals surface area contributed by atoms with Gasteiger partial charge in [0.05, 0.1) is 36.1 Å².